The molecular weight excluding hydrogens is 310 g/mol. The lowest BCUT2D eigenvalue weighted by molar-refractivity contribution is -0.135. The molecule has 1 aromatic heterocycles. The van der Waals surface area contributed by atoms with E-state index in [9.17, 15) is 9.59 Å². The fourth-order valence-electron chi connectivity index (χ4n) is 2.74. The maximum Gasteiger partial charge on any atom is 0.442 e. The van der Waals surface area contributed by atoms with Gasteiger partial charge >= 0.3 is 5.76 Å². The summed E-state index contributed by atoms with van der Waals surface area (Å²) in [5.74, 6) is 0.211. The number of aromatic nitrogens is 2. The largest absolute Gasteiger partial charge is 0.497 e. The van der Waals surface area contributed by atoms with Gasteiger partial charge in [-0.3, -0.25) is 9.32 Å². The number of methoxy groups -OCH3 is 1. The van der Waals surface area contributed by atoms with Crippen LogP contribution in [0, 0.1) is 0 Å². The van der Waals surface area contributed by atoms with Crippen LogP contribution in [0.25, 0.3) is 11.4 Å². The minimum Gasteiger partial charge on any atom is -0.497 e. The maximum atomic E-state index is 12.6. The highest BCUT2D eigenvalue weighted by Crippen LogP contribution is 2.20. The van der Waals surface area contributed by atoms with E-state index in [0.717, 1.165) is 0 Å². The molecule has 1 heterocycles. The predicted molar refractivity (Wildman–Crippen MR) is 89.9 cm³/mol. The third-order valence-corrected chi connectivity index (χ3v) is 3.73. The van der Waals surface area contributed by atoms with Crippen LogP contribution in [0.2, 0.25) is 0 Å². The van der Waals surface area contributed by atoms with Gasteiger partial charge in [0.15, 0.2) is 5.82 Å². The topological polar surface area (TPSA) is 77.6 Å². The van der Waals surface area contributed by atoms with Gasteiger partial charge in [-0.1, -0.05) is 5.16 Å². The number of carbonyl (C=O) groups excluding carboxylic acids is 1. The molecule has 0 unspecified atom stereocenters. The first-order chi connectivity index (χ1) is 11.3. The molecule has 0 aliphatic heterocycles. The Morgan fingerprint density at radius 2 is 1.79 bits per heavy atom. The average Bonchev–Trinajstić information content (AvgIpc) is 2.87. The summed E-state index contributed by atoms with van der Waals surface area (Å²) in [6.45, 7) is 7.66. The molecule has 0 saturated carbocycles. The number of rotatable bonds is 6. The van der Waals surface area contributed by atoms with E-state index in [1.54, 1.807) is 36.3 Å². The Balaban J connectivity index is 2.33. The highest BCUT2D eigenvalue weighted by Gasteiger charge is 2.23. The fraction of sp³-hybridized carbons (Fsp3) is 0.471. The van der Waals surface area contributed by atoms with Gasteiger partial charge in [-0.15, -0.1) is 0 Å². The van der Waals surface area contributed by atoms with Gasteiger partial charge in [0.1, 0.15) is 12.3 Å². The van der Waals surface area contributed by atoms with Crippen molar-refractivity contribution in [3.05, 3.63) is 34.8 Å². The van der Waals surface area contributed by atoms with Crippen LogP contribution < -0.4 is 10.5 Å². The molecule has 0 saturated heterocycles. The van der Waals surface area contributed by atoms with E-state index in [0.29, 0.717) is 17.1 Å². The summed E-state index contributed by atoms with van der Waals surface area (Å²) in [6.07, 6.45) is 0. The zero-order chi connectivity index (χ0) is 17.9. The summed E-state index contributed by atoms with van der Waals surface area (Å²) in [5.41, 5.74) is 0.676. The van der Waals surface area contributed by atoms with Crippen LogP contribution >= 0.6 is 0 Å². The second-order valence-corrected chi connectivity index (χ2v) is 6.08. The molecule has 7 nitrogen and oxygen atoms in total. The SMILES string of the molecule is COc1ccc(-c2noc(=O)n2CC(=O)N(C(C)C)C(C)C)cc1. The Kier molecular flexibility index (Phi) is 5.43. The van der Waals surface area contributed by atoms with Gasteiger partial charge in [-0.25, -0.2) is 9.36 Å². The van der Waals surface area contributed by atoms with Crippen molar-refractivity contribution >= 4 is 5.91 Å². The minimum absolute atomic E-state index is 0.0394. The van der Waals surface area contributed by atoms with Crippen molar-refractivity contribution in [1.29, 1.82) is 0 Å². The first kappa shape index (κ1) is 17.8. The molecule has 0 bridgehead atoms. The second-order valence-electron chi connectivity index (χ2n) is 6.08. The molecule has 0 atom stereocenters. The van der Waals surface area contributed by atoms with Gasteiger partial charge in [0.25, 0.3) is 0 Å². The van der Waals surface area contributed by atoms with Crippen LogP contribution in [0.3, 0.4) is 0 Å². The number of hydrogen-bond acceptors (Lipinski definition) is 5. The number of hydrogen-bond donors (Lipinski definition) is 0. The number of ether oxygens (including phenoxy) is 1. The molecule has 0 aliphatic carbocycles. The summed E-state index contributed by atoms with van der Waals surface area (Å²) >= 11 is 0. The first-order valence-electron chi connectivity index (χ1n) is 7.87. The second kappa shape index (κ2) is 7.33. The molecule has 0 radical (unpaired) electrons. The first-order valence-corrected chi connectivity index (χ1v) is 7.87. The molecule has 0 N–H and O–H groups in total. The van der Waals surface area contributed by atoms with Crippen LogP contribution in [0.4, 0.5) is 0 Å². The zero-order valence-electron chi connectivity index (χ0n) is 14.6. The van der Waals surface area contributed by atoms with E-state index in [2.05, 4.69) is 5.16 Å². The lowest BCUT2D eigenvalue weighted by atomic mass is 10.2. The molecular formula is C17H23N3O4. The Morgan fingerprint density at radius 1 is 1.21 bits per heavy atom. The highest BCUT2D eigenvalue weighted by atomic mass is 16.5. The van der Waals surface area contributed by atoms with E-state index >= 15 is 0 Å². The Bertz CT molecular complexity index is 736. The van der Waals surface area contributed by atoms with Gasteiger partial charge in [0, 0.05) is 17.6 Å². The number of benzene rings is 1. The lowest BCUT2D eigenvalue weighted by Gasteiger charge is -2.30. The van der Waals surface area contributed by atoms with Crippen LogP contribution in [0.15, 0.2) is 33.6 Å². The van der Waals surface area contributed by atoms with Gasteiger partial charge in [-0.2, -0.15) is 0 Å². The molecule has 2 aromatic rings. The summed E-state index contributed by atoms with van der Waals surface area (Å²) in [7, 11) is 1.58. The van der Waals surface area contributed by atoms with Crippen LogP contribution in [0.1, 0.15) is 27.7 Å². The summed E-state index contributed by atoms with van der Waals surface area (Å²) in [4.78, 5) is 26.3. The molecule has 0 aliphatic rings. The molecule has 2 rings (SSSR count). The Hall–Kier alpha value is -2.57. The third-order valence-electron chi connectivity index (χ3n) is 3.73. The van der Waals surface area contributed by atoms with Crippen LogP contribution in [0.5, 0.6) is 5.75 Å². The third kappa shape index (κ3) is 3.67. The zero-order valence-corrected chi connectivity index (χ0v) is 14.6. The molecule has 7 heteroatoms. The summed E-state index contributed by atoms with van der Waals surface area (Å²) in [5, 5.41) is 3.81. The fourth-order valence-corrected chi connectivity index (χ4v) is 2.74. The predicted octanol–water partition coefficient (Wildman–Crippen LogP) is 2.16. The Labute approximate surface area is 140 Å². The number of carbonyl (C=O) groups is 1. The van der Waals surface area contributed by atoms with Gasteiger partial charge in [-0.05, 0) is 52.0 Å². The van der Waals surface area contributed by atoms with Crippen molar-refractivity contribution in [3.8, 4) is 17.1 Å². The van der Waals surface area contributed by atoms with Gasteiger partial charge in [0.05, 0.1) is 7.11 Å². The molecule has 0 spiro atoms. The van der Waals surface area contributed by atoms with E-state index in [-0.39, 0.29) is 24.5 Å². The van der Waals surface area contributed by atoms with Crippen LogP contribution in [-0.4, -0.2) is 39.7 Å². The van der Waals surface area contributed by atoms with Gasteiger partial charge < -0.3 is 9.64 Å². The molecule has 130 valence electrons. The van der Waals surface area contributed by atoms with E-state index in [1.807, 2.05) is 27.7 Å². The minimum atomic E-state index is -0.651. The lowest BCUT2D eigenvalue weighted by Crippen LogP contribution is -2.44. The van der Waals surface area contributed by atoms with Crippen LogP contribution in [-0.2, 0) is 11.3 Å². The van der Waals surface area contributed by atoms with Gasteiger partial charge in [0.2, 0.25) is 5.91 Å². The summed E-state index contributed by atoms with van der Waals surface area (Å²) in [6, 6.07) is 7.12. The van der Waals surface area contributed by atoms with E-state index in [4.69, 9.17) is 9.26 Å². The molecule has 1 amide bonds. The molecule has 1 aromatic carbocycles. The van der Waals surface area contributed by atoms with Crippen molar-refractivity contribution in [2.75, 3.05) is 7.11 Å². The van der Waals surface area contributed by atoms with Crippen molar-refractivity contribution in [2.45, 2.75) is 46.3 Å². The van der Waals surface area contributed by atoms with Crippen molar-refractivity contribution in [2.24, 2.45) is 0 Å². The molecule has 24 heavy (non-hydrogen) atoms. The average molecular weight is 333 g/mol. The number of amides is 1. The normalized spacial score (nSPS) is 11.1. The van der Waals surface area contributed by atoms with Crippen molar-refractivity contribution < 1.29 is 14.1 Å². The highest BCUT2D eigenvalue weighted by molar-refractivity contribution is 5.77. The van der Waals surface area contributed by atoms with Crippen molar-refractivity contribution in [3.63, 3.8) is 0 Å². The number of nitrogens with zero attached hydrogens (tertiary/aromatic N) is 3. The summed E-state index contributed by atoms with van der Waals surface area (Å²) < 4.78 is 11.1. The van der Waals surface area contributed by atoms with E-state index < -0.39 is 5.76 Å². The standard InChI is InChI=1S/C17H23N3O4/c1-11(2)20(12(3)4)15(21)10-19-16(18-24-17(19)22)13-6-8-14(23-5)9-7-13/h6-9,11-12H,10H2,1-5H3. The maximum absolute atomic E-state index is 12.6. The van der Waals surface area contributed by atoms with Crippen molar-refractivity contribution in [1.82, 2.24) is 14.6 Å². The smallest absolute Gasteiger partial charge is 0.442 e. The quantitative estimate of drug-likeness (QED) is 0.809. The monoisotopic (exact) mass is 333 g/mol. The van der Waals surface area contributed by atoms with E-state index in [1.165, 1.54) is 4.57 Å². The Morgan fingerprint density at radius 3 is 2.29 bits per heavy atom. The molecule has 0 fully saturated rings.